The number of hydrogen-bond donors (Lipinski definition) is 3. The Morgan fingerprint density at radius 3 is 2.60 bits per heavy atom. The number of hydrogen-bond acceptors (Lipinski definition) is 5. The second kappa shape index (κ2) is 10.0. The zero-order valence-electron chi connectivity index (χ0n) is 15.9. The first kappa shape index (κ1) is 21.5. The second-order valence-electron chi connectivity index (χ2n) is 6.07. The summed E-state index contributed by atoms with van der Waals surface area (Å²) in [7, 11) is 1.54. The fourth-order valence-corrected chi connectivity index (χ4v) is 3.35. The second-order valence-corrected chi connectivity index (χ2v) is 7.33. The number of thiocarbonyl (C=S) groups is 1. The van der Waals surface area contributed by atoms with Crippen LogP contribution in [0.25, 0.3) is 0 Å². The highest BCUT2D eigenvalue weighted by molar-refractivity contribution is 9.10. The summed E-state index contributed by atoms with van der Waals surface area (Å²) in [4.78, 5) is 25.0. The van der Waals surface area contributed by atoms with Crippen molar-refractivity contribution in [2.75, 3.05) is 12.4 Å². The molecular weight excluding hydrogens is 470 g/mol. The third-order valence-corrected chi connectivity index (χ3v) is 4.89. The monoisotopic (exact) mass is 487 g/mol. The maximum absolute atomic E-state index is 12.5. The van der Waals surface area contributed by atoms with Crippen molar-refractivity contribution in [3.63, 3.8) is 0 Å². The lowest BCUT2D eigenvalue weighted by Gasteiger charge is -2.13. The summed E-state index contributed by atoms with van der Waals surface area (Å²) in [5.41, 5.74) is 1.25. The molecule has 9 heteroatoms. The van der Waals surface area contributed by atoms with Gasteiger partial charge in [0.05, 0.1) is 35.6 Å². The van der Waals surface area contributed by atoms with Crippen LogP contribution < -0.4 is 20.7 Å². The van der Waals surface area contributed by atoms with Crippen molar-refractivity contribution in [3.8, 4) is 5.75 Å². The first-order valence-corrected chi connectivity index (χ1v) is 10.0. The van der Waals surface area contributed by atoms with E-state index in [-0.39, 0.29) is 17.6 Å². The molecule has 0 bridgehead atoms. The molecule has 1 heterocycles. The van der Waals surface area contributed by atoms with Gasteiger partial charge in [-0.25, -0.2) is 0 Å². The molecule has 0 radical (unpaired) electrons. The maximum Gasteiger partial charge on any atom is 0.257 e. The van der Waals surface area contributed by atoms with Gasteiger partial charge in [0.2, 0.25) is 0 Å². The van der Waals surface area contributed by atoms with Crippen LogP contribution in [0.4, 0.5) is 5.69 Å². The normalized spacial score (nSPS) is 10.2. The van der Waals surface area contributed by atoms with Crippen LogP contribution in [0.2, 0.25) is 0 Å². The molecular formula is C21H18BrN3O4S. The molecule has 1 aromatic heterocycles. The Kier molecular flexibility index (Phi) is 7.21. The van der Waals surface area contributed by atoms with Gasteiger partial charge in [-0.2, -0.15) is 0 Å². The first-order valence-electron chi connectivity index (χ1n) is 8.83. The molecule has 0 aliphatic carbocycles. The zero-order valence-corrected chi connectivity index (χ0v) is 18.3. The number of carbonyl (C=O) groups is 2. The number of ether oxygens (including phenoxy) is 1. The van der Waals surface area contributed by atoms with Crippen LogP contribution in [0.1, 0.15) is 26.5 Å². The van der Waals surface area contributed by atoms with E-state index in [0.717, 1.165) is 0 Å². The molecule has 0 atom stereocenters. The minimum Gasteiger partial charge on any atom is -0.496 e. The van der Waals surface area contributed by atoms with Gasteiger partial charge < -0.3 is 19.8 Å². The Morgan fingerprint density at radius 1 is 1.10 bits per heavy atom. The minimum absolute atomic E-state index is 0.0678. The van der Waals surface area contributed by atoms with Crippen molar-refractivity contribution in [2.45, 2.75) is 6.54 Å². The number of benzene rings is 2. The molecule has 0 aliphatic rings. The lowest BCUT2D eigenvalue weighted by atomic mass is 10.1. The molecule has 7 nitrogen and oxygen atoms in total. The van der Waals surface area contributed by atoms with Gasteiger partial charge in [0, 0.05) is 5.56 Å². The Labute approximate surface area is 186 Å². The van der Waals surface area contributed by atoms with Crippen molar-refractivity contribution >= 4 is 50.8 Å². The van der Waals surface area contributed by atoms with Crippen LogP contribution in [0.15, 0.2) is 69.8 Å². The van der Waals surface area contributed by atoms with E-state index < -0.39 is 5.91 Å². The highest BCUT2D eigenvalue weighted by Gasteiger charge is 2.14. The van der Waals surface area contributed by atoms with Gasteiger partial charge in [-0.3, -0.25) is 14.9 Å². The lowest BCUT2D eigenvalue weighted by Crippen LogP contribution is -2.35. The van der Waals surface area contributed by atoms with Gasteiger partial charge in [0.25, 0.3) is 11.8 Å². The average Bonchev–Trinajstić information content (AvgIpc) is 3.26. The molecule has 30 heavy (non-hydrogen) atoms. The summed E-state index contributed by atoms with van der Waals surface area (Å²) in [5.74, 6) is 0.558. The van der Waals surface area contributed by atoms with Crippen LogP contribution in [-0.2, 0) is 6.54 Å². The first-order chi connectivity index (χ1) is 14.5. The van der Waals surface area contributed by atoms with Crippen molar-refractivity contribution in [2.24, 2.45) is 0 Å². The molecule has 0 aliphatic heterocycles. The van der Waals surface area contributed by atoms with Crippen molar-refractivity contribution in [3.05, 3.63) is 82.2 Å². The number of para-hydroxylation sites is 1. The number of halogens is 1. The Balaban J connectivity index is 1.64. The Morgan fingerprint density at radius 2 is 1.90 bits per heavy atom. The molecule has 2 aromatic carbocycles. The van der Waals surface area contributed by atoms with Crippen LogP contribution in [-0.4, -0.2) is 24.0 Å². The van der Waals surface area contributed by atoms with Crippen molar-refractivity contribution < 1.29 is 18.7 Å². The molecule has 3 aromatic rings. The van der Waals surface area contributed by atoms with Crippen LogP contribution in [0.3, 0.4) is 0 Å². The van der Waals surface area contributed by atoms with E-state index in [1.54, 1.807) is 68.0 Å². The molecule has 0 saturated carbocycles. The van der Waals surface area contributed by atoms with E-state index in [1.165, 1.54) is 0 Å². The van der Waals surface area contributed by atoms with E-state index in [9.17, 15) is 9.59 Å². The van der Waals surface area contributed by atoms with Gasteiger partial charge in [0.15, 0.2) is 5.11 Å². The molecule has 0 fully saturated rings. The quantitative estimate of drug-likeness (QED) is 0.453. The highest BCUT2D eigenvalue weighted by atomic mass is 79.9. The number of methoxy groups -OCH3 is 1. The average molecular weight is 488 g/mol. The van der Waals surface area contributed by atoms with E-state index in [4.69, 9.17) is 21.4 Å². The number of furan rings is 1. The molecule has 2 amide bonds. The van der Waals surface area contributed by atoms with Crippen LogP contribution in [0.5, 0.6) is 5.75 Å². The fraction of sp³-hybridized carbons (Fsp3) is 0.0952. The lowest BCUT2D eigenvalue weighted by molar-refractivity contribution is 0.0947. The van der Waals surface area contributed by atoms with Crippen LogP contribution >= 0.6 is 28.1 Å². The van der Waals surface area contributed by atoms with Crippen molar-refractivity contribution in [1.82, 2.24) is 10.6 Å². The fourth-order valence-electron chi connectivity index (χ4n) is 2.60. The predicted molar refractivity (Wildman–Crippen MR) is 121 cm³/mol. The summed E-state index contributed by atoms with van der Waals surface area (Å²) < 4.78 is 11.0. The Hall–Kier alpha value is -3.17. The Bertz CT molecular complexity index is 1070. The largest absolute Gasteiger partial charge is 0.496 e. The summed E-state index contributed by atoms with van der Waals surface area (Å²) >= 11 is 8.59. The van der Waals surface area contributed by atoms with Gasteiger partial charge >= 0.3 is 0 Å². The number of nitrogens with one attached hydrogen (secondary N) is 3. The van der Waals surface area contributed by atoms with Gasteiger partial charge in [-0.15, -0.1) is 0 Å². The SMILES string of the molecule is COc1ccc(C(=O)NC(=S)Nc2ccccc2C(=O)NCc2ccco2)cc1Br. The molecule has 3 rings (SSSR count). The number of amides is 2. The van der Waals surface area contributed by atoms with E-state index in [2.05, 4.69) is 31.9 Å². The zero-order chi connectivity index (χ0) is 21.5. The smallest absolute Gasteiger partial charge is 0.257 e. The molecule has 0 spiro atoms. The van der Waals surface area contributed by atoms with E-state index in [1.807, 2.05) is 0 Å². The standard InChI is InChI=1S/C21H18BrN3O4S/c1-28-18-9-8-13(11-16(18)22)19(26)25-21(30)24-17-7-3-2-6-15(17)20(27)23-12-14-5-4-10-29-14/h2-11H,12H2,1H3,(H,23,27)(H2,24,25,26,30). The number of carbonyl (C=O) groups excluding carboxylic acids is 2. The number of rotatable bonds is 6. The van der Waals surface area contributed by atoms with Gasteiger partial charge in [-0.1, -0.05) is 12.1 Å². The van der Waals surface area contributed by atoms with E-state index >= 15 is 0 Å². The topological polar surface area (TPSA) is 92.6 Å². The highest BCUT2D eigenvalue weighted by Crippen LogP contribution is 2.25. The summed E-state index contributed by atoms with van der Waals surface area (Å²) in [6, 6.07) is 15.3. The molecule has 0 unspecified atom stereocenters. The predicted octanol–water partition coefficient (Wildman–Crippen LogP) is 4.11. The molecule has 154 valence electrons. The third-order valence-electron chi connectivity index (χ3n) is 4.06. The molecule has 0 saturated heterocycles. The third kappa shape index (κ3) is 5.46. The summed E-state index contributed by atoms with van der Waals surface area (Å²) in [6.07, 6.45) is 1.54. The van der Waals surface area contributed by atoms with Crippen molar-refractivity contribution in [1.29, 1.82) is 0 Å². The van der Waals surface area contributed by atoms with E-state index in [0.29, 0.717) is 32.8 Å². The van der Waals surface area contributed by atoms with Crippen LogP contribution in [0, 0.1) is 0 Å². The number of anilines is 1. The molecule has 3 N–H and O–H groups in total. The van der Waals surface area contributed by atoms with Gasteiger partial charge in [0.1, 0.15) is 11.5 Å². The summed E-state index contributed by atoms with van der Waals surface area (Å²) in [5, 5.41) is 8.35. The van der Waals surface area contributed by atoms with Gasteiger partial charge in [-0.05, 0) is 70.6 Å². The minimum atomic E-state index is -0.393. The summed E-state index contributed by atoms with van der Waals surface area (Å²) in [6.45, 7) is 0.258. The maximum atomic E-state index is 12.5.